The summed E-state index contributed by atoms with van der Waals surface area (Å²) in [5.41, 5.74) is 1.03. The third kappa shape index (κ3) is 4.59. The Morgan fingerprint density at radius 3 is 2.95 bits per heavy atom. The highest BCUT2D eigenvalue weighted by molar-refractivity contribution is 7.99. The third-order valence-electron chi connectivity index (χ3n) is 3.11. The summed E-state index contributed by atoms with van der Waals surface area (Å²) in [6.45, 7) is 1.72. The van der Waals surface area contributed by atoms with Gasteiger partial charge in [-0.05, 0) is 35.4 Å². The molecule has 1 aromatic heterocycles. The second-order valence-electron chi connectivity index (χ2n) is 4.87. The minimum Gasteiger partial charge on any atom is -0.312 e. The molecule has 1 aliphatic rings. The van der Waals surface area contributed by atoms with Crippen molar-refractivity contribution >= 4 is 11.8 Å². The molecule has 0 atom stereocenters. The zero-order chi connectivity index (χ0) is 14.3. The van der Waals surface area contributed by atoms with Crippen molar-refractivity contribution in [2.45, 2.75) is 30.6 Å². The van der Waals surface area contributed by atoms with Crippen molar-refractivity contribution in [3.8, 4) is 11.8 Å². The first-order chi connectivity index (χ1) is 10.4. The Kier molecular flexibility index (Phi) is 4.87. The summed E-state index contributed by atoms with van der Waals surface area (Å²) in [5.74, 6) is 6.96. The lowest BCUT2D eigenvalue weighted by Gasteiger charge is -2.03. The zero-order valence-corrected chi connectivity index (χ0v) is 12.5. The Balaban J connectivity index is 1.46. The van der Waals surface area contributed by atoms with Gasteiger partial charge in [-0.25, -0.2) is 4.68 Å². The second-order valence-corrected chi connectivity index (χ2v) is 5.81. The van der Waals surface area contributed by atoms with Crippen LogP contribution >= 0.6 is 11.8 Å². The molecule has 108 valence electrons. The molecule has 1 fully saturated rings. The molecule has 1 aromatic carbocycles. The Morgan fingerprint density at radius 2 is 2.14 bits per heavy atom. The lowest BCUT2D eigenvalue weighted by Crippen LogP contribution is -2.22. The minimum atomic E-state index is 0.686. The first-order valence-corrected chi connectivity index (χ1v) is 8.06. The van der Waals surface area contributed by atoms with E-state index in [1.165, 1.54) is 12.8 Å². The fourth-order valence-corrected chi connectivity index (χ4v) is 2.51. The molecule has 1 N–H and O–H groups in total. The maximum Gasteiger partial charge on any atom is 0.210 e. The van der Waals surface area contributed by atoms with Gasteiger partial charge in [0.25, 0.3) is 0 Å². The predicted molar refractivity (Wildman–Crippen MR) is 82.9 cm³/mol. The van der Waals surface area contributed by atoms with Crippen LogP contribution in [0, 0.1) is 11.8 Å². The summed E-state index contributed by atoms with van der Waals surface area (Å²) in [5, 5.41) is 16.1. The Morgan fingerprint density at radius 1 is 1.29 bits per heavy atom. The molecule has 6 heteroatoms. The molecule has 0 bridgehead atoms. The van der Waals surface area contributed by atoms with Crippen molar-refractivity contribution in [2.75, 3.05) is 12.3 Å². The molecular weight excluding hydrogens is 282 g/mol. The quantitative estimate of drug-likeness (QED) is 0.648. The summed E-state index contributed by atoms with van der Waals surface area (Å²) in [4.78, 5) is 0. The average Bonchev–Trinajstić information content (AvgIpc) is 3.23. The van der Waals surface area contributed by atoms with E-state index >= 15 is 0 Å². The normalized spacial score (nSPS) is 13.7. The van der Waals surface area contributed by atoms with E-state index in [2.05, 4.69) is 32.7 Å². The van der Waals surface area contributed by atoms with Gasteiger partial charge in [0.1, 0.15) is 0 Å². The van der Waals surface area contributed by atoms with Gasteiger partial charge in [0.15, 0.2) is 0 Å². The van der Waals surface area contributed by atoms with Gasteiger partial charge < -0.3 is 5.32 Å². The number of aromatic nitrogens is 4. The van der Waals surface area contributed by atoms with Crippen LogP contribution in [-0.2, 0) is 6.54 Å². The van der Waals surface area contributed by atoms with Crippen molar-refractivity contribution in [1.29, 1.82) is 0 Å². The highest BCUT2D eigenvalue weighted by Gasteiger charge is 2.19. The molecule has 3 rings (SSSR count). The van der Waals surface area contributed by atoms with E-state index in [9.17, 15) is 0 Å². The lowest BCUT2D eigenvalue weighted by atomic mass is 10.2. The molecule has 1 heterocycles. The van der Waals surface area contributed by atoms with Crippen molar-refractivity contribution in [2.24, 2.45) is 0 Å². The van der Waals surface area contributed by atoms with Gasteiger partial charge in [0.2, 0.25) is 5.16 Å². The maximum absolute atomic E-state index is 4.04. The highest BCUT2D eigenvalue weighted by Crippen LogP contribution is 2.18. The number of nitrogens with zero attached hydrogens (tertiary/aromatic N) is 4. The standard InChI is InChI=1S/C15H17N5S/c1-2-5-13(6-3-1)7-4-12-21-15-17-18-19-20(15)11-10-16-14-8-9-14/h1-3,5-6,14,16H,8-12H2. The van der Waals surface area contributed by atoms with Crippen molar-refractivity contribution in [1.82, 2.24) is 25.5 Å². The second kappa shape index (κ2) is 7.25. The highest BCUT2D eigenvalue weighted by atomic mass is 32.2. The molecule has 2 aromatic rings. The van der Waals surface area contributed by atoms with Crippen molar-refractivity contribution in [3.05, 3.63) is 35.9 Å². The number of hydrogen-bond acceptors (Lipinski definition) is 5. The van der Waals surface area contributed by atoms with Crippen LogP contribution in [0.15, 0.2) is 35.5 Å². The Bertz CT molecular complexity index is 624. The topological polar surface area (TPSA) is 55.6 Å². The van der Waals surface area contributed by atoms with Gasteiger partial charge in [0.05, 0.1) is 12.3 Å². The van der Waals surface area contributed by atoms with Crippen LogP contribution in [0.5, 0.6) is 0 Å². The SMILES string of the molecule is C(#Cc1ccccc1)CSc1nnnn1CCNC1CC1. The zero-order valence-electron chi connectivity index (χ0n) is 11.7. The van der Waals surface area contributed by atoms with Crippen molar-refractivity contribution < 1.29 is 0 Å². The Hall–Kier alpha value is -1.84. The summed E-state index contributed by atoms with van der Waals surface area (Å²) in [6.07, 6.45) is 2.60. The third-order valence-corrected chi connectivity index (χ3v) is 3.95. The molecule has 1 saturated carbocycles. The van der Waals surface area contributed by atoms with E-state index in [0.717, 1.165) is 23.8 Å². The van der Waals surface area contributed by atoms with Gasteiger partial charge in [0, 0.05) is 18.2 Å². The molecule has 0 aliphatic heterocycles. The van der Waals surface area contributed by atoms with Crippen molar-refractivity contribution in [3.63, 3.8) is 0 Å². The molecule has 0 radical (unpaired) electrons. The Labute approximate surface area is 128 Å². The van der Waals surface area contributed by atoms with Crippen LogP contribution in [0.3, 0.4) is 0 Å². The number of rotatable bonds is 6. The summed E-state index contributed by atoms with van der Waals surface area (Å²) in [7, 11) is 0. The van der Waals surface area contributed by atoms with E-state index in [4.69, 9.17) is 0 Å². The summed E-state index contributed by atoms with van der Waals surface area (Å²) >= 11 is 1.57. The largest absolute Gasteiger partial charge is 0.312 e. The first-order valence-electron chi connectivity index (χ1n) is 7.08. The fraction of sp³-hybridized carbons (Fsp3) is 0.400. The monoisotopic (exact) mass is 299 g/mol. The van der Waals surface area contributed by atoms with Gasteiger partial charge >= 0.3 is 0 Å². The number of thioether (sulfide) groups is 1. The van der Waals surface area contributed by atoms with Crippen LogP contribution in [0.1, 0.15) is 18.4 Å². The molecule has 21 heavy (non-hydrogen) atoms. The fourth-order valence-electron chi connectivity index (χ4n) is 1.86. The molecule has 0 spiro atoms. The smallest absolute Gasteiger partial charge is 0.210 e. The van der Waals surface area contributed by atoms with Gasteiger partial charge in [-0.2, -0.15) is 0 Å². The predicted octanol–water partition coefficient (Wildman–Crippen LogP) is 1.57. The van der Waals surface area contributed by atoms with E-state index in [1.54, 1.807) is 11.8 Å². The number of nitrogens with one attached hydrogen (secondary N) is 1. The minimum absolute atomic E-state index is 0.686. The lowest BCUT2D eigenvalue weighted by molar-refractivity contribution is 0.510. The van der Waals surface area contributed by atoms with E-state index in [1.807, 2.05) is 35.0 Å². The van der Waals surface area contributed by atoms with Crippen LogP contribution < -0.4 is 5.32 Å². The molecule has 0 unspecified atom stereocenters. The van der Waals surface area contributed by atoms with E-state index in [-0.39, 0.29) is 0 Å². The number of tetrazole rings is 1. The molecular formula is C15H17N5S. The van der Waals surface area contributed by atoms with E-state index in [0.29, 0.717) is 11.8 Å². The summed E-state index contributed by atoms with van der Waals surface area (Å²) in [6, 6.07) is 10.7. The number of hydrogen-bond donors (Lipinski definition) is 1. The van der Waals surface area contributed by atoms with Crippen LogP contribution in [0.4, 0.5) is 0 Å². The molecule has 0 saturated heterocycles. The number of benzene rings is 1. The molecule has 5 nitrogen and oxygen atoms in total. The maximum atomic E-state index is 4.04. The van der Waals surface area contributed by atoms with Gasteiger partial charge in [-0.1, -0.05) is 41.8 Å². The van der Waals surface area contributed by atoms with Crippen LogP contribution in [0.25, 0.3) is 0 Å². The average molecular weight is 299 g/mol. The first kappa shape index (κ1) is 14.1. The van der Waals surface area contributed by atoms with Gasteiger partial charge in [-0.15, -0.1) is 5.10 Å². The van der Waals surface area contributed by atoms with E-state index < -0.39 is 0 Å². The van der Waals surface area contributed by atoms with Crippen LogP contribution in [-0.4, -0.2) is 38.5 Å². The molecule has 0 amide bonds. The van der Waals surface area contributed by atoms with Gasteiger partial charge in [-0.3, -0.25) is 0 Å². The molecule has 1 aliphatic carbocycles. The summed E-state index contributed by atoms with van der Waals surface area (Å²) < 4.78 is 1.84. The van der Waals surface area contributed by atoms with Crippen LogP contribution in [0.2, 0.25) is 0 Å².